The molecule has 0 amide bonds. The van der Waals surface area contributed by atoms with Crippen LogP contribution in [-0.2, 0) is 9.53 Å². The summed E-state index contributed by atoms with van der Waals surface area (Å²) in [5.74, 6) is -0.381. The standard InChI is InChI=1S/C8H12O3/c1-11-8(10)6-3-2-4-7(9)5-6/h2,4,6-7,9H,3,5H2,1H3/t6?,7-/m0/s1. The molecule has 0 aliphatic heterocycles. The van der Waals surface area contributed by atoms with Crippen LogP contribution in [0.15, 0.2) is 12.2 Å². The van der Waals surface area contributed by atoms with Gasteiger partial charge in [0.2, 0.25) is 0 Å². The molecule has 0 saturated heterocycles. The molecule has 0 radical (unpaired) electrons. The summed E-state index contributed by atoms with van der Waals surface area (Å²) in [6.45, 7) is 0. The molecule has 0 heterocycles. The highest BCUT2D eigenvalue weighted by atomic mass is 16.5. The smallest absolute Gasteiger partial charge is 0.309 e. The fourth-order valence-corrected chi connectivity index (χ4v) is 1.23. The lowest BCUT2D eigenvalue weighted by atomic mass is 9.93. The minimum atomic E-state index is -0.479. The molecule has 0 aromatic carbocycles. The predicted molar refractivity (Wildman–Crippen MR) is 39.9 cm³/mol. The zero-order chi connectivity index (χ0) is 8.27. The second-order valence-corrected chi connectivity index (χ2v) is 2.69. The number of rotatable bonds is 1. The van der Waals surface area contributed by atoms with Crippen molar-refractivity contribution in [2.24, 2.45) is 5.92 Å². The van der Waals surface area contributed by atoms with Crippen LogP contribution in [0.5, 0.6) is 0 Å². The molecule has 1 aliphatic rings. The van der Waals surface area contributed by atoms with Crippen molar-refractivity contribution < 1.29 is 14.6 Å². The Kier molecular flexibility index (Phi) is 2.65. The minimum absolute atomic E-state index is 0.153. The average molecular weight is 156 g/mol. The molecule has 0 fully saturated rings. The third-order valence-electron chi connectivity index (χ3n) is 1.84. The maximum atomic E-state index is 10.9. The van der Waals surface area contributed by atoms with Crippen LogP contribution in [0, 0.1) is 5.92 Å². The Hall–Kier alpha value is -0.830. The molecule has 3 nitrogen and oxygen atoms in total. The molecule has 1 rings (SSSR count). The summed E-state index contributed by atoms with van der Waals surface area (Å²) in [6, 6.07) is 0. The molecule has 3 heteroatoms. The Morgan fingerprint density at radius 3 is 3.00 bits per heavy atom. The predicted octanol–water partition coefficient (Wildman–Crippen LogP) is 0.486. The van der Waals surface area contributed by atoms with Crippen LogP contribution in [0.1, 0.15) is 12.8 Å². The van der Waals surface area contributed by atoms with Crippen LogP contribution in [0.4, 0.5) is 0 Å². The SMILES string of the molecule is COC(=O)C1CC=C[C@H](O)C1. The number of aliphatic hydroxyl groups is 1. The first-order valence-electron chi connectivity index (χ1n) is 3.66. The first-order chi connectivity index (χ1) is 5.24. The summed E-state index contributed by atoms with van der Waals surface area (Å²) in [5.41, 5.74) is 0. The fourth-order valence-electron chi connectivity index (χ4n) is 1.23. The number of carbonyl (C=O) groups is 1. The summed E-state index contributed by atoms with van der Waals surface area (Å²) in [5, 5.41) is 9.13. The summed E-state index contributed by atoms with van der Waals surface area (Å²) < 4.78 is 4.55. The van der Waals surface area contributed by atoms with Gasteiger partial charge < -0.3 is 9.84 Å². The van der Waals surface area contributed by atoms with Gasteiger partial charge in [0, 0.05) is 0 Å². The Morgan fingerprint density at radius 2 is 2.45 bits per heavy atom. The number of methoxy groups -OCH3 is 1. The van der Waals surface area contributed by atoms with E-state index in [0.717, 1.165) is 0 Å². The summed E-state index contributed by atoms with van der Waals surface area (Å²) in [7, 11) is 1.37. The van der Waals surface area contributed by atoms with E-state index in [9.17, 15) is 4.79 Å². The number of esters is 1. The molecule has 1 unspecified atom stereocenters. The zero-order valence-corrected chi connectivity index (χ0v) is 6.49. The summed E-state index contributed by atoms with van der Waals surface area (Å²) in [4.78, 5) is 10.9. The van der Waals surface area contributed by atoms with Crippen molar-refractivity contribution in [3.05, 3.63) is 12.2 Å². The van der Waals surface area contributed by atoms with Crippen molar-refractivity contribution in [3.63, 3.8) is 0 Å². The molecule has 11 heavy (non-hydrogen) atoms. The maximum absolute atomic E-state index is 10.9. The van der Waals surface area contributed by atoms with Crippen molar-refractivity contribution >= 4 is 5.97 Å². The Morgan fingerprint density at radius 1 is 1.73 bits per heavy atom. The van der Waals surface area contributed by atoms with Gasteiger partial charge in [0.15, 0.2) is 0 Å². The molecule has 0 bridgehead atoms. The maximum Gasteiger partial charge on any atom is 0.309 e. The van der Waals surface area contributed by atoms with Gasteiger partial charge in [-0.1, -0.05) is 12.2 Å². The highest BCUT2D eigenvalue weighted by molar-refractivity contribution is 5.72. The normalized spacial score (nSPS) is 30.0. The Labute approximate surface area is 65.7 Å². The van der Waals surface area contributed by atoms with E-state index in [0.29, 0.717) is 12.8 Å². The van der Waals surface area contributed by atoms with Gasteiger partial charge in [-0.15, -0.1) is 0 Å². The lowest BCUT2D eigenvalue weighted by molar-refractivity contribution is -0.146. The van der Waals surface area contributed by atoms with E-state index in [1.54, 1.807) is 6.08 Å². The van der Waals surface area contributed by atoms with E-state index < -0.39 is 6.10 Å². The second-order valence-electron chi connectivity index (χ2n) is 2.69. The van der Waals surface area contributed by atoms with Crippen molar-refractivity contribution in [1.29, 1.82) is 0 Å². The van der Waals surface area contributed by atoms with Gasteiger partial charge >= 0.3 is 5.97 Å². The average Bonchev–Trinajstić information content (AvgIpc) is 2.03. The molecular weight excluding hydrogens is 144 g/mol. The van der Waals surface area contributed by atoms with E-state index in [2.05, 4.69) is 4.74 Å². The van der Waals surface area contributed by atoms with Crippen LogP contribution in [0.2, 0.25) is 0 Å². The van der Waals surface area contributed by atoms with Gasteiger partial charge in [-0.05, 0) is 12.8 Å². The second kappa shape index (κ2) is 3.53. The number of carbonyl (C=O) groups excluding carboxylic acids is 1. The largest absolute Gasteiger partial charge is 0.469 e. The topological polar surface area (TPSA) is 46.5 Å². The van der Waals surface area contributed by atoms with E-state index in [4.69, 9.17) is 5.11 Å². The third kappa shape index (κ3) is 2.05. The number of hydrogen-bond acceptors (Lipinski definition) is 3. The molecule has 62 valence electrons. The molecule has 1 aliphatic carbocycles. The van der Waals surface area contributed by atoms with Crippen LogP contribution in [-0.4, -0.2) is 24.3 Å². The molecule has 0 aromatic rings. The van der Waals surface area contributed by atoms with E-state index in [1.807, 2.05) is 6.08 Å². The summed E-state index contributed by atoms with van der Waals surface area (Å²) in [6.07, 6.45) is 4.22. The number of aliphatic hydroxyl groups excluding tert-OH is 1. The van der Waals surface area contributed by atoms with Crippen LogP contribution >= 0.6 is 0 Å². The van der Waals surface area contributed by atoms with Gasteiger partial charge in [-0.2, -0.15) is 0 Å². The number of ether oxygens (including phenoxy) is 1. The minimum Gasteiger partial charge on any atom is -0.469 e. The Bertz CT molecular complexity index is 174. The highest BCUT2D eigenvalue weighted by Crippen LogP contribution is 2.19. The van der Waals surface area contributed by atoms with Crippen molar-refractivity contribution in [2.75, 3.05) is 7.11 Å². The monoisotopic (exact) mass is 156 g/mol. The fraction of sp³-hybridized carbons (Fsp3) is 0.625. The van der Waals surface area contributed by atoms with Crippen LogP contribution < -0.4 is 0 Å². The van der Waals surface area contributed by atoms with Gasteiger partial charge in [0.05, 0.1) is 19.1 Å². The van der Waals surface area contributed by atoms with Gasteiger partial charge in [-0.25, -0.2) is 0 Å². The molecule has 0 saturated carbocycles. The molecule has 1 N–H and O–H groups in total. The summed E-state index contributed by atoms with van der Waals surface area (Å²) >= 11 is 0. The number of allylic oxidation sites excluding steroid dienone is 1. The molecule has 0 aromatic heterocycles. The molecule has 0 spiro atoms. The third-order valence-corrected chi connectivity index (χ3v) is 1.84. The molecule has 2 atom stereocenters. The highest BCUT2D eigenvalue weighted by Gasteiger charge is 2.23. The van der Waals surface area contributed by atoms with Crippen molar-refractivity contribution in [1.82, 2.24) is 0 Å². The van der Waals surface area contributed by atoms with Crippen molar-refractivity contribution in [2.45, 2.75) is 18.9 Å². The first kappa shape index (κ1) is 8.27. The zero-order valence-electron chi connectivity index (χ0n) is 6.49. The van der Waals surface area contributed by atoms with Gasteiger partial charge in [0.1, 0.15) is 0 Å². The quantitative estimate of drug-likeness (QED) is 0.444. The van der Waals surface area contributed by atoms with Crippen molar-refractivity contribution in [3.8, 4) is 0 Å². The molecular formula is C8H12O3. The van der Waals surface area contributed by atoms with Gasteiger partial charge in [0.25, 0.3) is 0 Å². The number of hydrogen-bond donors (Lipinski definition) is 1. The van der Waals surface area contributed by atoms with Gasteiger partial charge in [-0.3, -0.25) is 4.79 Å². The first-order valence-corrected chi connectivity index (χ1v) is 3.66. The van der Waals surface area contributed by atoms with E-state index >= 15 is 0 Å². The van der Waals surface area contributed by atoms with E-state index in [1.165, 1.54) is 7.11 Å². The van der Waals surface area contributed by atoms with Crippen LogP contribution in [0.3, 0.4) is 0 Å². The lowest BCUT2D eigenvalue weighted by Crippen LogP contribution is -2.23. The lowest BCUT2D eigenvalue weighted by Gasteiger charge is -2.18. The van der Waals surface area contributed by atoms with E-state index in [-0.39, 0.29) is 11.9 Å². The van der Waals surface area contributed by atoms with Crippen LogP contribution in [0.25, 0.3) is 0 Å². The Balaban J connectivity index is 2.49.